The van der Waals surface area contributed by atoms with E-state index in [9.17, 15) is 21.6 Å². The number of halogens is 3. The van der Waals surface area contributed by atoms with E-state index in [1.54, 1.807) is 6.92 Å². The molecule has 0 spiro atoms. The van der Waals surface area contributed by atoms with E-state index < -0.39 is 40.8 Å². The molecule has 1 heterocycles. The monoisotopic (exact) mass is 285 g/mol. The van der Waals surface area contributed by atoms with Crippen molar-refractivity contribution >= 4 is 10.0 Å². The zero-order valence-corrected chi connectivity index (χ0v) is 10.5. The van der Waals surface area contributed by atoms with Gasteiger partial charge in [0.25, 0.3) is 0 Å². The Bertz CT molecular complexity index is 456. The van der Waals surface area contributed by atoms with Gasteiger partial charge >= 0.3 is 6.18 Å². The number of nitrogens with zero attached hydrogens (tertiary/aromatic N) is 1. The maximum atomic E-state index is 11.9. The minimum absolute atomic E-state index is 0.411. The summed E-state index contributed by atoms with van der Waals surface area (Å²) >= 11 is 0. The first-order valence-electron chi connectivity index (χ1n) is 5.26. The number of aromatic amines is 1. The van der Waals surface area contributed by atoms with Crippen LogP contribution in [0.1, 0.15) is 31.6 Å². The standard InChI is InChI=1S/C9H14F3N3O2S/c1-7(8-13-4-5-14-8)15-18(16,17)6-2-3-9(10,11)12/h4-5,7,15H,2-3,6H2,1H3,(H,13,14). The molecule has 1 aromatic heterocycles. The van der Waals surface area contributed by atoms with Crippen LogP contribution >= 0.6 is 0 Å². The number of imidazole rings is 1. The number of alkyl halides is 3. The Morgan fingerprint density at radius 1 is 1.50 bits per heavy atom. The van der Waals surface area contributed by atoms with Crippen LogP contribution in [0.2, 0.25) is 0 Å². The fraction of sp³-hybridized carbons (Fsp3) is 0.667. The van der Waals surface area contributed by atoms with Gasteiger partial charge in [0.15, 0.2) is 0 Å². The third-order valence-corrected chi connectivity index (χ3v) is 3.70. The third kappa shape index (κ3) is 5.50. The van der Waals surface area contributed by atoms with Gasteiger partial charge < -0.3 is 4.98 Å². The van der Waals surface area contributed by atoms with E-state index >= 15 is 0 Å². The predicted molar refractivity (Wildman–Crippen MR) is 59.2 cm³/mol. The minimum Gasteiger partial charge on any atom is -0.347 e. The van der Waals surface area contributed by atoms with Gasteiger partial charge in [-0.1, -0.05) is 0 Å². The molecule has 0 aliphatic rings. The van der Waals surface area contributed by atoms with E-state index in [0.717, 1.165) is 0 Å². The highest BCUT2D eigenvalue weighted by Gasteiger charge is 2.27. The molecule has 1 aromatic rings. The zero-order chi connectivity index (χ0) is 13.8. The van der Waals surface area contributed by atoms with Crippen molar-refractivity contribution < 1.29 is 21.6 Å². The van der Waals surface area contributed by atoms with Crippen LogP contribution in [0.5, 0.6) is 0 Å². The van der Waals surface area contributed by atoms with Gasteiger partial charge in [0.1, 0.15) is 5.82 Å². The lowest BCUT2D eigenvalue weighted by molar-refractivity contribution is -0.134. The Morgan fingerprint density at radius 2 is 2.17 bits per heavy atom. The summed E-state index contributed by atoms with van der Waals surface area (Å²) in [7, 11) is -3.74. The average molecular weight is 285 g/mol. The van der Waals surface area contributed by atoms with Gasteiger partial charge in [-0.25, -0.2) is 18.1 Å². The number of rotatable bonds is 6. The number of hydrogen-bond donors (Lipinski definition) is 2. The van der Waals surface area contributed by atoms with Crippen molar-refractivity contribution in [2.75, 3.05) is 5.75 Å². The Kier molecular flexibility index (Phi) is 4.74. The molecule has 0 aliphatic carbocycles. The molecule has 1 rings (SSSR count). The van der Waals surface area contributed by atoms with Crippen LogP contribution in [0.4, 0.5) is 13.2 Å². The van der Waals surface area contributed by atoms with Crippen molar-refractivity contribution in [1.29, 1.82) is 0 Å². The van der Waals surface area contributed by atoms with Crippen molar-refractivity contribution in [3.8, 4) is 0 Å². The molecule has 5 nitrogen and oxygen atoms in total. The minimum atomic E-state index is -4.33. The number of aromatic nitrogens is 2. The molecule has 1 unspecified atom stereocenters. The van der Waals surface area contributed by atoms with E-state index in [2.05, 4.69) is 14.7 Å². The Balaban J connectivity index is 2.45. The highest BCUT2D eigenvalue weighted by atomic mass is 32.2. The van der Waals surface area contributed by atoms with Crippen LogP contribution in [0, 0.1) is 0 Å². The van der Waals surface area contributed by atoms with E-state index in [1.807, 2.05) is 0 Å². The Labute approximate surface area is 103 Å². The third-order valence-electron chi connectivity index (χ3n) is 2.16. The van der Waals surface area contributed by atoms with Gasteiger partial charge in [-0.15, -0.1) is 0 Å². The lowest BCUT2D eigenvalue weighted by Crippen LogP contribution is -2.30. The van der Waals surface area contributed by atoms with Gasteiger partial charge in [0.05, 0.1) is 11.8 Å². The van der Waals surface area contributed by atoms with Crippen LogP contribution in [-0.2, 0) is 10.0 Å². The quantitative estimate of drug-likeness (QED) is 0.836. The summed E-state index contributed by atoms with van der Waals surface area (Å²) < 4.78 is 60.9. The number of nitrogens with one attached hydrogen (secondary N) is 2. The molecule has 1 atom stereocenters. The summed E-state index contributed by atoms with van der Waals surface area (Å²) in [5, 5.41) is 0. The smallest absolute Gasteiger partial charge is 0.347 e. The fourth-order valence-electron chi connectivity index (χ4n) is 1.36. The number of H-pyrrole nitrogens is 1. The van der Waals surface area contributed by atoms with Gasteiger partial charge in [-0.05, 0) is 13.3 Å². The molecule has 0 aromatic carbocycles. The van der Waals surface area contributed by atoms with E-state index in [-0.39, 0.29) is 0 Å². The molecule has 0 aliphatic heterocycles. The summed E-state index contributed by atoms with van der Waals surface area (Å²) in [6.45, 7) is 1.56. The van der Waals surface area contributed by atoms with Crippen molar-refractivity contribution in [1.82, 2.24) is 14.7 Å². The number of hydrogen-bond acceptors (Lipinski definition) is 3. The highest BCUT2D eigenvalue weighted by molar-refractivity contribution is 7.89. The van der Waals surface area contributed by atoms with Gasteiger partial charge in [-0.3, -0.25) is 0 Å². The van der Waals surface area contributed by atoms with Crippen LogP contribution in [0.3, 0.4) is 0 Å². The van der Waals surface area contributed by atoms with E-state index in [0.29, 0.717) is 5.82 Å². The lowest BCUT2D eigenvalue weighted by Gasteiger charge is -2.12. The van der Waals surface area contributed by atoms with E-state index in [1.165, 1.54) is 12.4 Å². The van der Waals surface area contributed by atoms with Gasteiger partial charge in [0.2, 0.25) is 10.0 Å². The number of sulfonamides is 1. The fourth-order valence-corrected chi connectivity index (χ4v) is 2.65. The van der Waals surface area contributed by atoms with Gasteiger partial charge in [0, 0.05) is 18.8 Å². The lowest BCUT2D eigenvalue weighted by atomic mass is 10.3. The first kappa shape index (κ1) is 15.0. The van der Waals surface area contributed by atoms with Crippen LogP contribution in [-0.4, -0.2) is 30.3 Å². The summed E-state index contributed by atoms with van der Waals surface area (Å²) in [4.78, 5) is 6.58. The predicted octanol–water partition coefficient (Wildman–Crippen LogP) is 1.73. The molecular weight excluding hydrogens is 271 g/mol. The van der Waals surface area contributed by atoms with Crippen LogP contribution < -0.4 is 4.72 Å². The van der Waals surface area contributed by atoms with Crippen LogP contribution in [0.25, 0.3) is 0 Å². The zero-order valence-electron chi connectivity index (χ0n) is 9.66. The average Bonchev–Trinajstić information content (AvgIpc) is 2.66. The molecule has 104 valence electrons. The summed E-state index contributed by atoms with van der Waals surface area (Å²) in [5.74, 6) is -0.146. The Hall–Kier alpha value is -1.09. The van der Waals surface area contributed by atoms with Crippen LogP contribution in [0.15, 0.2) is 12.4 Å². The molecule has 0 amide bonds. The first-order chi connectivity index (χ1) is 8.20. The summed E-state index contributed by atoms with van der Waals surface area (Å²) in [6.07, 6.45) is -2.90. The van der Waals surface area contributed by atoms with E-state index in [4.69, 9.17) is 0 Å². The molecule has 0 bridgehead atoms. The summed E-state index contributed by atoms with van der Waals surface area (Å²) in [6, 6.07) is -0.601. The maximum Gasteiger partial charge on any atom is 0.389 e. The van der Waals surface area contributed by atoms with Crippen molar-refractivity contribution in [2.24, 2.45) is 0 Å². The second-order valence-electron chi connectivity index (χ2n) is 3.85. The molecule has 0 radical (unpaired) electrons. The first-order valence-corrected chi connectivity index (χ1v) is 6.91. The second kappa shape index (κ2) is 5.70. The normalized spacial score (nSPS) is 14.7. The maximum absolute atomic E-state index is 11.9. The molecule has 0 fully saturated rings. The topological polar surface area (TPSA) is 74.8 Å². The highest BCUT2D eigenvalue weighted by Crippen LogP contribution is 2.21. The molecule has 0 saturated carbocycles. The molecule has 0 saturated heterocycles. The molecule has 9 heteroatoms. The SMILES string of the molecule is CC(NS(=O)(=O)CCCC(F)(F)F)c1ncc[nH]1. The van der Waals surface area contributed by atoms with Crippen molar-refractivity contribution in [3.63, 3.8) is 0 Å². The van der Waals surface area contributed by atoms with Crippen molar-refractivity contribution in [3.05, 3.63) is 18.2 Å². The largest absolute Gasteiger partial charge is 0.389 e. The van der Waals surface area contributed by atoms with Gasteiger partial charge in [-0.2, -0.15) is 13.2 Å². The molecular formula is C9H14F3N3O2S. The molecule has 18 heavy (non-hydrogen) atoms. The molecule has 2 N–H and O–H groups in total. The second-order valence-corrected chi connectivity index (χ2v) is 5.73. The van der Waals surface area contributed by atoms with Crippen molar-refractivity contribution in [2.45, 2.75) is 32.0 Å². The Morgan fingerprint density at radius 3 is 2.67 bits per heavy atom. The summed E-state index contributed by atoms with van der Waals surface area (Å²) in [5.41, 5.74) is 0.